The van der Waals surface area contributed by atoms with Crippen molar-refractivity contribution < 1.29 is 22.7 Å². The molecular formula is C24H32N2O5S. The van der Waals surface area contributed by atoms with Crippen molar-refractivity contribution in [2.75, 3.05) is 39.4 Å². The Morgan fingerprint density at radius 3 is 2.06 bits per heavy atom. The van der Waals surface area contributed by atoms with E-state index in [1.54, 1.807) is 35.2 Å². The Morgan fingerprint density at radius 2 is 1.50 bits per heavy atom. The summed E-state index contributed by atoms with van der Waals surface area (Å²) in [5.41, 5.74) is 1.60. The molecule has 1 saturated heterocycles. The number of hydrogen-bond acceptors (Lipinski definition) is 5. The summed E-state index contributed by atoms with van der Waals surface area (Å²) < 4.78 is 38.7. The number of carbonyl (C=O) groups excluding carboxylic acids is 1. The Morgan fingerprint density at radius 1 is 0.906 bits per heavy atom. The molecule has 1 aliphatic rings. The first-order valence-corrected chi connectivity index (χ1v) is 12.5. The van der Waals surface area contributed by atoms with Gasteiger partial charge in [-0.1, -0.05) is 26.0 Å². The molecule has 1 fully saturated rings. The minimum absolute atomic E-state index is 0.146. The fourth-order valence-electron chi connectivity index (χ4n) is 3.67. The van der Waals surface area contributed by atoms with E-state index in [0.717, 1.165) is 5.56 Å². The van der Waals surface area contributed by atoms with Crippen molar-refractivity contribution in [1.29, 1.82) is 0 Å². The number of hydrogen-bond donors (Lipinski definition) is 0. The van der Waals surface area contributed by atoms with Crippen molar-refractivity contribution in [3.8, 4) is 11.5 Å². The van der Waals surface area contributed by atoms with E-state index in [4.69, 9.17) is 9.47 Å². The Hall–Kier alpha value is -2.58. The topological polar surface area (TPSA) is 76.2 Å². The maximum Gasteiger partial charge on any atom is 0.254 e. The molecule has 2 aromatic rings. The van der Waals surface area contributed by atoms with Gasteiger partial charge in [0.1, 0.15) is 0 Å². The van der Waals surface area contributed by atoms with E-state index in [1.807, 2.05) is 26.0 Å². The molecule has 0 bridgehead atoms. The highest BCUT2D eigenvalue weighted by molar-refractivity contribution is 7.89. The van der Waals surface area contributed by atoms with Gasteiger partial charge in [-0.25, -0.2) is 8.42 Å². The lowest BCUT2D eigenvalue weighted by atomic mass is 10.0. The van der Waals surface area contributed by atoms with Gasteiger partial charge in [-0.15, -0.1) is 0 Å². The predicted molar refractivity (Wildman–Crippen MR) is 124 cm³/mol. The maximum atomic E-state index is 13.0. The molecule has 0 unspecified atom stereocenters. The molecular weight excluding hydrogens is 428 g/mol. The van der Waals surface area contributed by atoms with Crippen LogP contribution >= 0.6 is 0 Å². The molecule has 7 nitrogen and oxygen atoms in total. The lowest BCUT2D eigenvalue weighted by Crippen LogP contribution is -2.50. The van der Waals surface area contributed by atoms with Crippen molar-refractivity contribution in [3.05, 3.63) is 53.6 Å². The van der Waals surface area contributed by atoms with Crippen LogP contribution in [-0.2, 0) is 10.0 Å². The van der Waals surface area contributed by atoms with Crippen LogP contribution in [0.5, 0.6) is 11.5 Å². The third kappa shape index (κ3) is 5.24. The highest BCUT2D eigenvalue weighted by Crippen LogP contribution is 2.29. The van der Waals surface area contributed by atoms with Gasteiger partial charge in [-0.2, -0.15) is 4.31 Å². The van der Waals surface area contributed by atoms with Crippen LogP contribution in [0.25, 0.3) is 0 Å². The lowest BCUT2D eigenvalue weighted by molar-refractivity contribution is 0.0697. The average Bonchev–Trinajstić information content (AvgIpc) is 2.80. The zero-order valence-electron chi connectivity index (χ0n) is 19.2. The third-order valence-corrected chi connectivity index (χ3v) is 7.41. The van der Waals surface area contributed by atoms with E-state index in [0.29, 0.717) is 49.3 Å². The zero-order valence-corrected chi connectivity index (χ0v) is 20.0. The van der Waals surface area contributed by atoms with Crippen molar-refractivity contribution in [3.63, 3.8) is 0 Å². The Balaban J connectivity index is 1.68. The van der Waals surface area contributed by atoms with Gasteiger partial charge >= 0.3 is 0 Å². The molecule has 0 N–H and O–H groups in total. The largest absolute Gasteiger partial charge is 0.490 e. The number of carbonyl (C=O) groups is 1. The molecule has 3 rings (SSSR count). The zero-order chi connectivity index (χ0) is 23.3. The van der Waals surface area contributed by atoms with Gasteiger partial charge in [0.05, 0.1) is 18.1 Å². The third-order valence-electron chi connectivity index (χ3n) is 5.50. The van der Waals surface area contributed by atoms with Crippen LogP contribution in [0.2, 0.25) is 0 Å². The quantitative estimate of drug-likeness (QED) is 0.600. The summed E-state index contributed by atoms with van der Waals surface area (Å²) in [6.07, 6.45) is 0. The molecule has 0 spiro atoms. The molecule has 1 heterocycles. The summed E-state index contributed by atoms with van der Waals surface area (Å²) in [7, 11) is -3.59. The van der Waals surface area contributed by atoms with Crippen LogP contribution in [0.3, 0.4) is 0 Å². The van der Waals surface area contributed by atoms with Crippen molar-refractivity contribution in [1.82, 2.24) is 9.21 Å². The van der Waals surface area contributed by atoms with Gasteiger partial charge in [-0.3, -0.25) is 4.79 Å². The number of rotatable bonds is 8. The fourth-order valence-corrected chi connectivity index (χ4v) is 5.09. The lowest BCUT2D eigenvalue weighted by Gasteiger charge is -2.34. The molecule has 0 aromatic heterocycles. The summed E-state index contributed by atoms with van der Waals surface area (Å²) >= 11 is 0. The summed E-state index contributed by atoms with van der Waals surface area (Å²) in [5, 5.41) is 0. The van der Waals surface area contributed by atoms with Crippen LogP contribution in [-0.4, -0.2) is 62.9 Å². The maximum absolute atomic E-state index is 13.0. The first-order valence-electron chi connectivity index (χ1n) is 11.1. The summed E-state index contributed by atoms with van der Waals surface area (Å²) in [6.45, 7) is 10.1. The van der Waals surface area contributed by atoms with E-state index >= 15 is 0 Å². The fraction of sp³-hybridized carbons (Fsp3) is 0.458. The van der Waals surface area contributed by atoms with E-state index < -0.39 is 10.0 Å². The first kappa shape index (κ1) is 24.1. The summed E-state index contributed by atoms with van der Waals surface area (Å²) in [4.78, 5) is 15.0. The molecule has 32 heavy (non-hydrogen) atoms. The SMILES string of the molecule is CCOc1ccc(C(=O)N2CCN(S(=O)(=O)c3ccc(C(C)C)cc3)CC2)cc1OCC. The summed E-state index contributed by atoms with van der Waals surface area (Å²) in [6, 6.07) is 12.2. The highest BCUT2D eigenvalue weighted by atomic mass is 32.2. The number of benzene rings is 2. The van der Waals surface area contributed by atoms with Crippen molar-refractivity contribution in [2.45, 2.75) is 38.5 Å². The van der Waals surface area contributed by atoms with Crippen molar-refractivity contribution >= 4 is 15.9 Å². The number of piperazine rings is 1. The van der Waals surface area contributed by atoms with Gasteiger partial charge in [0, 0.05) is 31.7 Å². The molecule has 1 aliphatic heterocycles. The van der Waals surface area contributed by atoms with Gasteiger partial charge in [0.15, 0.2) is 11.5 Å². The van der Waals surface area contributed by atoms with Crippen molar-refractivity contribution in [2.24, 2.45) is 0 Å². The van der Waals surface area contributed by atoms with Gasteiger partial charge in [0.2, 0.25) is 10.0 Å². The van der Waals surface area contributed by atoms with Crippen LogP contribution in [0.4, 0.5) is 0 Å². The first-order chi connectivity index (χ1) is 15.3. The minimum atomic E-state index is -3.59. The van der Waals surface area contributed by atoms with Crippen LogP contribution < -0.4 is 9.47 Å². The Kier molecular flexibility index (Phi) is 7.79. The summed E-state index contributed by atoms with van der Waals surface area (Å²) in [5.74, 6) is 1.33. The van der Waals surface area contributed by atoms with E-state index in [1.165, 1.54) is 4.31 Å². The van der Waals surface area contributed by atoms with Gasteiger partial charge in [0.25, 0.3) is 5.91 Å². The highest BCUT2D eigenvalue weighted by Gasteiger charge is 2.30. The minimum Gasteiger partial charge on any atom is -0.490 e. The monoisotopic (exact) mass is 460 g/mol. The second-order valence-corrected chi connectivity index (χ2v) is 9.89. The van der Waals surface area contributed by atoms with E-state index in [9.17, 15) is 13.2 Å². The second-order valence-electron chi connectivity index (χ2n) is 7.95. The number of amides is 1. The molecule has 1 amide bonds. The number of ether oxygens (including phenoxy) is 2. The normalized spacial score (nSPS) is 15.1. The number of sulfonamides is 1. The molecule has 0 radical (unpaired) electrons. The Bertz CT molecular complexity index is 1030. The van der Waals surface area contributed by atoms with Crippen LogP contribution in [0.15, 0.2) is 47.4 Å². The van der Waals surface area contributed by atoms with Gasteiger partial charge in [-0.05, 0) is 55.7 Å². The van der Waals surface area contributed by atoms with E-state index in [-0.39, 0.29) is 23.9 Å². The standard InChI is InChI=1S/C24H32N2O5S/c1-5-30-22-12-9-20(17-23(22)31-6-2)24(27)25-13-15-26(16-14-25)32(28,29)21-10-7-19(8-11-21)18(3)4/h7-12,17-18H,5-6,13-16H2,1-4H3. The van der Waals surface area contributed by atoms with E-state index in [2.05, 4.69) is 13.8 Å². The number of nitrogens with zero attached hydrogens (tertiary/aromatic N) is 2. The van der Waals surface area contributed by atoms with Crippen LogP contribution in [0, 0.1) is 0 Å². The molecule has 8 heteroatoms. The predicted octanol–water partition coefficient (Wildman–Crippen LogP) is 3.75. The second kappa shape index (κ2) is 10.4. The molecule has 0 saturated carbocycles. The van der Waals surface area contributed by atoms with Gasteiger partial charge < -0.3 is 14.4 Å². The molecule has 0 atom stereocenters. The average molecular weight is 461 g/mol. The molecule has 0 aliphatic carbocycles. The Labute approximate surface area is 191 Å². The molecule has 2 aromatic carbocycles. The molecule has 174 valence electrons. The smallest absolute Gasteiger partial charge is 0.254 e. The van der Waals surface area contributed by atoms with Crippen LogP contribution in [0.1, 0.15) is 49.5 Å².